The molecule has 4 N–H and O–H groups in total. The average Bonchev–Trinajstić information content (AvgIpc) is 3.99. The van der Waals surface area contributed by atoms with Crippen molar-refractivity contribution in [1.29, 1.82) is 0 Å². The molecule has 1 aliphatic heterocycles. The van der Waals surface area contributed by atoms with Crippen LogP contribution < -0.4 is 10.6 Å². The second-order valence-electron chi connectivity index (χ2n) is 13.1. The van der Waals surface area contributed by atoms with Crippen molar-refractivity contribution < 1.29 is 28.3 Å². The van der Waals surface area contributed by atoms with E-state index in [4.69, 9.17) is 14.1 Å². The Morgan fingerprint density at radius 3 is 2.35 bits per heavy atom. The SMILES string of the molecule is C=C(NCC(=O)N1[C@@H]2CC[C@@H](C2)[C@H]1c1ncc(-c2ccc3c(c2)oc2cc(-c4cnc(CN(CCC)C(=O)CNC(=O)OC)[nH]4)ccc23)[nH]1)OC. The van der Waals surface area contributed by atoms with E-state index in [0.29, 0.717) is 24.2 Å². The molecule has 14 nitrogen and oxygen atoms in total. The maximum Gasteiger partial charge on any atom is 0.407 e. The third-order valence-electron chi connectivity index (χ3n) is 9.91. The number of amides is 3. The lowest BCUT2D eigenvalue weighted by molar-refractivity contribution is -0.135. The molecule has 1 saturated heterocycles. The zero-order valence-electron chi connectivity index (χ0n) is 29.0. The maximum atomic E-state index is 13.3. The number of fused-ring (bicyclic) bond motifs is 5. The van der Waals surface area contributed by atoms with Crippen molar-refractivity contribution in [2.75, 3.05) is 33.9 Å². The lowest BCUT2D eigenvalue weighted by atomic mass is 9.98. The molecule has 2 aliphatic rings. The number of hydrogen-bond donors (Lipinski definition) is 4. The van der Waals surface area contributed by atoms with Crippen LogP contribution in [0.15, 0.2) is 65.7 Å². The van der Waals surface area contributed by atoms with Crippen molar-refractivity contribution in [2.45, 2.75) is 51.2 Å². The van der Waals surface area contributed by atoms with E-state index in [2.05, 4.69) is 49.0 Å². The third kappa shape index (κ3) is 6.73. The van der Waals surface area contributed by atoms with Crippen LogP contribution in [0.2, 0.25) is 0 Å². The highest BCUT2D eigenvalue weighted by Crippen LogP contribution is 2.49. The molecular weight excluding hydrogens is 652 g/mol. The van der Waals surface area contributed by atoms with Gasteiger partial charge in [0, 0.05) is 34.5 Å². The zero-order valence-corrected chi connectivity index (χ0v) is 29.0. The fourth-order valence-corrected chi connectivity index (χ4v) is 7.45. The number of imidazole rings is 2. The summed E-state index contributed by atoms with van der Waals surface area (Å²) in [4.78, 5) is 57.2. The molecule has 0 unspecified atom stereocenters. The van der Waals surface area contributed by atoms with Gasteiger partial charge in [-0.2, -0.15) is 0 Å². The fourth-order valence-electron chi connectivity index (χ4n) is 7.45. The second-order valence-corrected chi connectivity index (χ2v) is 13.1. The smallest absolute Gasteiger partial charge is 0.407 e. The number of furan rings is 1. The monoisotopic (exact) mass is 694 g/mol. The number of rotatable bonds is 13. The summed E-state index contributed by atoms with van der Waals surface area (Å²) in [7, 11) is 2.78. The Morgan fingerprint density at radius 2 is 1.67 bits per heavy atom. The van der Waals surface area contributed by atoms with E-state index in [9.17, 15) is 14.4 Å². The number of alkyl carbamates (subject to hydrolysis) is 1. The number of nitrogens with zero attached hydrogens (tertiary/aromatic N) is 4. The first-order chi connectivity index (χ1) is 24.8. The van der Waals surface area contributed by atoms with E-state index in [1.165, 1.54) is 14.2 Å². The van der Waals surface area contributed by atoms with Gasteiger partial charge in [0.2, 0.25) is 11.8 Å². The summed E-state index contributed by atoms with van der Waals surface area (Å²) in [6.45, 7) is 6.52. The third-order valence-corrected chi connectivity index (χ3v) is 9.91. The van der Waals surface area contributed by atoms with Gasteiger partial charge in [-0.05, 0) is 62.4 Å². The van der Waals surface area contributed by atoms with Gasteiger partial charge in [0.1, 0.15) is 29.4 Å². The summed E-state index contributed by atoms with van der Waals surface area (Å²) in [5, 5.41) is 7.38. The summed E-state index contributed by atoms with van der Waals surface area (Å²) < 4.78 is 16.0. The molecule has 3 aromatic heterocycles. The fraction of sp³-hybridized carbons (Fsp3) is 0.378. The highest BCUT2D eigenvalue weighted by Gasteiger charge is 2.49. The van der Waals surface area contributed by atoms with Gasteiger partial charge in [-0.25, -0.2) is 14.8 Å². The highest BCUT2D eigenvalue weighted by atomic mass is 16.5. The molecule has 1 saturated carbocycles. The average molecular weight is 695 g/mol. The van der Waals surface area contributed by atoms with Crippen LogP contribution in [0.3, 0.4) is 0 Å². The molecule has 2 bridgehead atoms. The summed E-state index contributed by atoms with van der Waals surface area (Å²) in [5.74, 6) is 1.94. The summed E-state index contributed by atoms with van der Waals surface area (Å²) in [5.41, 5.74) is 4.96. The topological polar surface area (TPSA) is 171 Å². The number of piperidine rings is 1. The van der Waals surface area contributed by atoms with Gasteiger partial charge in [-0.1, -0.05) is 19.1 Å². The van der Waals surface area contributed by atoms with Crippen LogP contribution in [0.1, 0.15) is 50.3 Å². The first-order valence-electron chi connectivity index (χ1n) is 17.2. The van der Waals surface area contributed by atoms with Crippen LogP contribution in [0.5, 0.6) is 0 Å². The van der Waals surface area contributed by atoms with E-state index in [-0.39, 0.29) is 43.5 Å². The molecule has 7 rings (SSSR count). The van der Waals surface area contributed by atoms with Crippen molar-refractivity contribution in [3.05, 3.63) is 72.9 Å². The van der Waals surface area contributed by atoms with Crippen molar-refractivity contribution in [1.82, 2.24) is 40.4 Å². The van der Waals surface area contributed by atoms with E-state index >= 15 is 0 Å². The second kappa shape index (κ2) is 14.2. The van der Waals surface area contributed by atoms with Crippen LogP contribution in [0.4, 0.5) is 4.79 Å². The number of carbonyl (C=O) groups excluding carboxylic acids is 3. The molecule has 3 amide bonds. The lowest BCUT2D eigenvalue weighted by Gasteiger charge is -2.34. The number of methoxy groups -OCH3 is 2. The summed E-state index contributed by atoms with van der Waals surface area (Å²) >= 11 is 0. The lowest BCUT2D eigenvalue weighted by Crippen LogP contribution is -2.44. The molecule has 0 radical (unpaired) electrons. The Balaban J connectivity index is 1.08. The van der Waals surface area contributed by atoms with Gasteiger partial charge < -0.3 is 44.3 Å². The first-order valence-corrected chi connectivity index (χ1v) is 17.2. The predicted octanol–water partition coefficient (Wildman–Crippen LogP) is 5.22. The standard InChI is InChI=1S/C37H42N8O6/c1-5-12-44(33(46)18-41-37(48)50-4)20-32-39-16-28(42-32)22-7-10-26-27-11-8-23(15-31(27)51-30(26)14-22)29-17-40-36(43-29)35-24-6-9-25(13-24)45(35)34(47)19-38-21(2)49-3/h7-8,10-11,14-17,24-25,35,38H,2,5-6,9,12-13,18-20H2,1,3-4H3,(H,39,42)(H,40,43)(H,41,48)/t24-,25+,35-/m0/s1. The Hall–Kier alpha value is -5.79. The van der Waals surface area contributed by atoms with Crippen LogP contribution in [0.25, 0.3) is 44.5 Å². The first kappa shape index (κ1) is 33.7. The number of likely N-dealkylation sites (tertiary alicyclic amines) is 1. The number of hydrogen-bond acceptors (Lipinski definition) is 9. The molecule has 0 spiro atoms. The number of carbonyl (C=O) groups is 3. The number of aromatic amines is 2. The van der Waals surface area contributed by atoms with Crippen molar-refractivity contribution in [3.63, 3.8) is 0 Å². The maximum absolute atomic E-state index is 13.3. The van der Waals surface area contributed by atoms with E-state index in [1.54, 1.807) is 11.1 Å². The normalized spacial score (nSPS) is 17.9. The van der Waals surface area contributed by atoms with Crippen molar-refractivity contribution in [2.24, 2.45) is 5.92 Å². The molecule has 266 valence electrons. The Bertz CT molecular complexity index is 2100. The van der Waals surface area contributed by atoms with Gasteiger partial charge in [-0.15, -0.1) is 0 Å². The van der Waals surface area contributed by atoms with Crippen molar-refractivity contribution >= 4 is 39.8 Å². The molecule has 1 aliphatic carbocycles. The Morgan fingerprint density at radius 1 is 0.961 bits per heavy atom. The molecule has 2 fully saturated rings. The van der Waals surface area contributed by atoms with E-state index < -0.39 is 6.09 Å². The zero-order chi connectivity index (χ0) is 35.6. The van der Waals surface area contributed by atoms with Gasteiger partial charge in [-0.3, -0.25) is 9.59 Å². The van der Waals surface area contributed by atoms with Gasteiger partial charge in [0.25, 0.3) is 0 Å². The number of ether oxygens (including phenoxy) is 2. The summed E-state index contributed by atoms with van der Waals surface area (Å²) in [6, 6.07) is 12.3. The van der Waals surface area contributed by atoms with E-state index in [0.717, 1.165) is 76.0 Å². The minimum atomic E-state index is -0.653. The van der Waals surface area contributed by atoms with Crippen molar-refractivity contribution in [3.8, 4) is 22.5 Å². The Kier molecular flexibility index (Phi) is 9.39. The number of nitrogens with one attached hydrogen (secondary N) is 4. The van der Waals surface area contributed by atoms with Crippen LogP contribution >= 0.6 is 0 Å². The van der Waals surface area contributed by atoms with Crippen LogP contribution in [-0.2, 0) is 25.6 Å². The predicted molar refractivity (Wildman–Crippen MR) is 190 cm³/mol. The molecule has 2 aromatic carbocycles. The minimum Gasteiger partial charge on any atom is -0.483 e. The molecule has 14 heteroatoms. The number of aromatic nitrogens is 4. The molecule has 4 heterocycles. The van der Waals surface area contributed by atoms with Gasteiger partial charge >= 0.3 is 6.09 Å². The molecule has 5 aromatic rings. The van der Waals surface area contributed by atoms with Crippen LogP contribution in [0, 0.1) is 5.92 Å². The number of benzene rings is 2. The van der Waals surface area contributed by atoms with Gasteiger partial charge in [0.15, 0.2) is 5.88 Å². The number of H-pyrrole nitrogens is 2. The van der Waals surface area contributed by atoms with Gasteiger partial charge in [0.05, 0.1) is 57.1 Å². The highest BCUT2D eigenvalue weighted by molar-refractivity contribution is 6.06. The molecule has 3 atom stereocenters. The molecular formula is C37H42N8O6. The largest absolute Gasteiger partial charge is 0.483 e. The quantitative estimate of drug-likeness (QED) is 0.121. The summed E-state index contributed by atoms with van der Waals surface area (Å²) in [6.07, 6.45) is 6.75. The molecule has 51 heavy (non-hydrogen) atoms. The Labute approximate surface area is 294 Å². The van der Waals surface area contributed by atoms with Crippen LogP contribution in [-0.4, -0.2) is 87.5 Å². The van der Waals surface area contributed by atoms with E-state index in [1.807, 2.05) is 42.3 Å². The minimum absolute atomic E-state index is 0.0105.